The van der Waals surface area contributed by atoms with Crippen molar-refractivity contribution in [2.75, 3.05) is 5.32 Å². The number of halogens is 2. The minimum atomic E-state index is 0.648. The molecule has 0 aliphatic rings. The van der Waals surface area contributed by atoms with Gasteiger partial charge in [-0.2, -0.15) is 0 Å². The predicted octanol–water partition coefficient (Wildman–Crippen LogP) is 4.13. The van der Waals surface area contributed by atoms with Crippen LogP contribution in [0.3, 0.4) is 0 Å². The Morgan fingerprint density at radius 3 is 2.53 bits per heavy atom. The van der Waals surface area contributed by atoms with Crippen LogP contribution in [-0.2, 0) is 0 Å². The molecule has 0 aliphatic carbocycles. The molecule has 1 N–H and O–H groups in total. The van der Waals surface area contributed by atoms with Crippen LogP contribution in [0.25, 0.3) is 0 Å². The quantitative estimate of drug-likeness (QED) is 0.852. The summed E-state index contributed by atoms with van der Waals surface area (Å²) < 4.78 is 0. The fourth-order valence-corrected chi connectivity index (χ4v) is 1.54. The zero-order valence-electron chi connectivity index (χ0n) is 7.74. The Bertz CT molecular complexity index is 428. The van der Waals surface area contributed by atoms with E-state index in [0.717, 1.165) is 5.69 Å². The van der Waals surface area contributed by atoms with Crippen molar-refractivity contribution in [3.05, 3.63) is 52.6 Å². The lowest BCUT2D eigenvalue weighted by Gasteiger charge is -2.05. The van der Waals surface area contributed by atoms with Crippen molar-refractivity contribution < 1.29 is 0 Å². The summed E-state index contributed by atoms with van der Waals surface area (Å²) in [5, 5.41) is 4.44. The predicted molar refractivity (Wildman–Crippen MR) is 64.0 cm³/mol. The topological polar surface area (TPSA) is 24.9 Å². The largest absolute Gasteiger partial charge is 0.340 e. The Hall–Kier alpha value is -1.25. The van der Waals surface area contributed by atoms with Gasteiger partial charge in [0.05, 0.1) is 0 Å². The molecule has 2 rings (SSSR count). The molecule has 0 unspecified atom stereocenters. The number of anilines is 2. The van der Waals surface area contributed by atoms with Crippen LogP contribution >= 0.6 is 23.2 Å². The van der Waals surface area contributed by atoms with E-state index in [-0.39, 0.29) is 0 Å². The van der Waals surface area contributed by atoms with E-state index in [2.05, 4.69) is 10.3 Å². The summed E-state index contributed by atoms with van der Waals surface area (Å²) in [6, 6.07) is 10.9. The van der Waals surface area contributed by atoms with Crippen molar-refractivity contribution in [2.24, 2.45) is 0 Å². The lowest BCUT2D eigenvalue weighted by Crippen LogP contribution is -1.92. The first-order chi connectivity index (χ1) is 7.24. The highest BCUT2D eigenvalue weighted by molar-refractivity contribution is 6.31. The summed E-state index contributed by atoms with van der Waals surface area (Å²) in [4.78, 5) is 4.13. The maximum absolute atomic E-state index is 5.86. The standard InChI is InChI=1S/C11H8Cl2N2/c12-8-2-1-3-10(6-8)15-11-7-9(13)4-5-14-11/h1-7H,(H,14,15). The molecule has 0 atom stereocenters. The van der Waals surface area contributed by atoms with Crippen molar-refractivity contribution in [2.45, 2.75) is 0 Å². The Balaban J connectivity index is 2.22. The number of benzene rings is 1. The Labute approximate surface area is 97.9 Å². The monoisotopic (exact) mass is 238 g/mol. The van der Waals surface area contributed by atoms with Crippen molar-refractivity contribution in [1.82, 2.24) is 4.98 Å². The van der Waals surface area contributed by atoms with E-state index in [1.807, 2.05) is 24.3 Å². The molecule has 4 heteroatoms. The minimum Gasteiger partial charge on any atom is -0.340 e. The lowest BCUT2D eigenvalue weighted by atomic mass is 10.3. The second-order valence-corrected chi connectivity index (χ2v) is 3.87. The molecule has 15 heavy (non-hydrogen) atoms. The van der Waals surface area contributed by atoms with Crippen LogP contribution < -0.4 is 5.32 Å². The Morgan fingerprint density at radius 1 is 1.00 bits per heavy atom. The number of rotatable bonds is 2. The minimum absolute atomic E-state index is 0.648. The third-order valence-corrected chi connectivity index (χ3v) is 2.29. The SMILES string of the molecule is Clc1cccc(Nc2cc(Cl)ccn2)c1. The first-order valence-electron chi connectivity index (χ1n) is 4.38. The second-order valence-electron chi connectivity index (χ2n) is 2.99. The average Bonchev–Trinajstić information content (AvgIpc) is 2.17. The van der Waals surface area contributed by atoms with Gasteiger partial charge in [-0.25, -0.2) is 4.98 Å². The van der Waals surface area contributed by atoms with E-state index in [4.69, 9.17) is 23.2 Å². The summed E-state index contributed by atoms with van der Waals surface area (Å²) in [5.41, 5.74) is 0.886. The van der Waals surface area contributed by atoms with Crippen LogP contribution in [0.2, 0.25) is 10.0 Å². The normalized spacial score (nSPS) is 10.0. The summed E-state index contributed by atoms with van der Waals surface area (Å²) in [7, 11) is 0. The number of aromatic nitrogens is 1. The molecule has 0 spiro atoms. The van der Waals surface area contributed by atoms with Crippen molar-refractivity contribution in [3.63, 3.8) is 0 Å². The van der Waals surface area contributed by atoms with Gasteiger partial charge >= 0.3 is 0 Å². The van der Waals surface area contributed by atoms with Gasteiger partial charge in [0.15, 0.2) is 0 Å². The summed E-state index contributed by atoms with van der Waals surface area (Å²) in [6.07, 6.45) is 1.65. The average molecular weight is 239 g/mol. The summed E-state index contributed by atoms with van der Waals surface area (Å²) >= 11 is 11.7. The van der Waals surface area contributed by atoms with E-state index in [1.165, 1.54) is 0 Å². The van der Waals surface area contributed by atoms with Crippen LogP contribution in [0.4, 0.5) is 11.5 Å². The van der Waals surface area contributed by atoms with Gasteiger partial charge < -0.3 is 5.32 Å². The molecule has 1 aromatic heterocycles. The number of nitrogens with one attached hydrogen (secondary N) is 1. The van der Waals surface area contributed by atoms with Gasteiger partial charge in [0, 0.05) is 21.9 Å². The van der Waals surface area contributed by atoms with Gasteiger partial charge in [-0.3, -0.25) is 0 Å². The van der Waals surface area contributed by atoms with Gasteiger partial charge in [-0.05, 0) is 30.3 Å². The van der Waals surface area contributed by atoms with Gasteiger partial charge in [-0.1, -0.05) is 29.3 Å². The highest BCUT2D eigenvalue weighted by Crippen LogP contribution is 2.20. The van der Waals surface area contributed by atoms with Crippen LogP contribution in [0.5, 0.6) is 0 Å². The van der Waals surface area contributed by atoms with E-state index in [9.17, 15) is 0 Å². The molecule has 0 bridgehead atoms. The number of nitrogens with zero attached hydrogens (tertiary/aromatic N) is 1. The second kappa shape index (κ2) is 4.51. The molecular weight excluding hydrogens is 231 g/mol. The van der Waals surface area contributed by atoms with Gasteiger partial charge in [0.25, 0.3) is 0 Å². The van der Waals surface area contributed by atoms with E-state index in [1.54, 1.807) is 18.3 Å². The molecule has 2 nitrogen and oxygen atoms in total. The van der Waals surface area contributed by atoms with Gasteiger partial charge in [0.2, 0.25) is 0 Å². The highest BCUT2D eigenvalue weighted by atomic mass is 35.5. The molecule has 1 aromatic carbocycles. The van der Waals surface area contributed by atoms with Crippen molar-refractivity contribution in [3.8, 4) is 0 Å². The fraction of sp³-hybridized carbons (Fsp3) is 0. The van der Waals surface area contributed by atoms with Crippen molar-refractivity contribution >= 4 is 34.7 Å². The zero-order valence-corrected chi connectivity index (χ0v) is 9.26. The molecule has 0 saturated heterocycles. The smallest absolute Gasteiger partial charge is 0.131 e. The van der Waals surface area contributed by atoms with Crippen LogP contribution in [0.15, 0.2) is 42.6 Å². The third-order valence-electron chi connectivity index (χ3n) is 1.82. The molecule has 0 amide bonds. The Morgan fingerprint density at radius 2 is 1.80 bits per heavy atom. The molecule has 0 fully saturated rings. The molecule has 76 valence electrons. The van der Waals surface area contributed by atoms with Crippen LogP contribution in [-0.4, -0.2) is 4.98 Å². The molecule has 1 heterocycles. The lowest BCUT2D eigenvalue weighted by molar-refractivity contribution is 1.31. The van der Waals surface area contributed by atoms with Crippen LogP contribution in [0, 0.1) is 0 Å². The maximum Gasteiger partial charge on any atom is 0.131 e. The van der Waals surface area contributed by atoms with Gasteiger partial charge in [-0.15, -0.1) is 0 Å². The van der Waals surface area contributed by atoms with Gasteiger partial charge in [0.1, 0.15) is 5.82 Å². The van der Waals surface area contributed by atoms with E-state index in [0.29, 0.717) is 15.9 Å². The number of hydrogen-bond acceptors (Lipinski definition) is 2. The molecular formula is C11H8Cl2N2. The van der Waals surface area contributed by atoms with Crippen LogP contribution in [0.1, 0.15) is 0 Å². The first kappa shape index (κ1) is 10.3. The Kier molecular flexibility index (Phi) is 3.09. The summed E-state index contributed by atoms with van der Waals surface area (Å²) in [6.45, 7) is 0. The maximum atomic E-state index is 5.86. The molecule has 0 aliphatic heterocycles. The fourth-order valence-electron chi connectivity index (χ4n) is 1.19. The zero-order chi connectivity index (χ0) is 10.7. The number of hydrogen-bond donors (Lipinski definition) is 1. The third kappa shape index (κ3) is 2.85. The van der Waals surface area contributed by atoms with E-state index >= 15 is 0 Å². The molecule has 0 radical (unpaired) electrons. The summed E-state index contributed by atoms with van der Waals surface area (Å²) in [5.74, 6) is 0.699. The first-order valence-corrected chi connectivity index (χ1v) is 5.14. The molecule has 0 saturated carbocycles. The molecule has 2 aromatic rings. The van der Waals surface area contributed by atoms with Crippen molar-refractivity contribution in [1.29, 1.82) is 0 Å². The number of pyridine rings is 1. The highest BCUT2D eigenvalue weighted by Gasteiger charge is 1.97. The van der Waals surface area contributed by atoms with E-state index < -0.39 is 0 Å².